The Kier molecular flexibility index (Phi) is 7.00. The monoisotopic (exact) mass is 396 g/mol. The van der Waals surface area contributed by atoms with Crippen LogP contribution in [0.5, 0.6) is 5.75 Å². The molecular weight excluding hydrogens is 380 g/mol. The van der Waals surface area contributed by atoms with Gasteiger partial charge in [0, 0.05) is 16.6 Å². The maximum Gasteiger partial charge on any atom is 0.262 e. The second-order valence-electron chi connectivity index (χ2n) is 5.12. The standard InChI is InChI=1S/C20H17BrN2O2/c1-2-10-23-20(24)17(13-22)11-16-12-18(21)8-9-19(16)25-14-15-6-4-3-5-7-15/h2-9,11-12H,1,10,14H2,(H,23,24)/b17-11+. The van der Waals surface area contributed by atoms with Crippen molar-refractivity contribution < 1.29 is 9.53 Å². The first-order chi connectivity index (χ1) is 12.1. The van der Waals surface area contributed by atoms with E-state index in [9.17, 15) is 10.1 Å². The minimum atomic E-state index is -0.448. The molecular formula is C20H17BrN2O2. The molecule has 25 heavy (non-hydrogen) atoms. The molecule has 0 aliphatic rings. The van der Waals surface area contributed by atoms with Crippen LogP contribution < -0.4 is 10.1 Å². The Bertz CT molecular complexity index is 823. The third-order valence-electron chi connectivity index (χ3n) is 3.28. The van der Waals surface area contributed by atoms with Gasteiger partial charge < -0.3 is 10.1 Å². The van der Waals surface area contributed by atoms with E-state index in [1.54, 1.807) is 18.2 Å². The van der Waals surface area contributed by atoms with Crippen molar-refractivity contribution in [2.45, 2.75) is 6.61 Å². The normalized spacial score (nSPS) is 10.6. The van der Waals surface area contributed by atoms with Crippen molar-refractivity contribution in [2.24, 2.45) is 0 Å². The number of benzene rings is 2. The third-order valence-corrected chi connectivity index (χ3v) is 3.77. The predicted octanol–water partition coefficient (Wildman–Crippen LogP) is 4.24. The molecule has 2 rings (SSSR count). The smallest absolute Gasteiger partial charge is 0.262 e. The first kappa shape index (κ1) is 18.5. The van der Waals surface area contributed by atoms with Gasteiger partial charge in [0.2, 0.25) is 0 Å². The summed E-state index contributed by atoms with van der Waals surface area (Å²) < 4.78 is 6.69. The maximum atomic E-state index is 12.0. The van der Waals surface area contributed by atoms with Gasteiger partial charge in [-0.05, 0) is 29.8 Å². The van der Waals surface area contributed by atoms with Crippen LogP contribution in [0.1, 0.15) is 11.1 Å². The zero-order valence-corrected chi connectivity index (χ0v) is 15.1. The zero-order valence-electron chi connectivity index (χ0n) is 13.5. The molecule has 0 heterocycles. The predicted molar refractivity (Wildman–Crippen MR) is 102 cm³/mol. The number of carbonyl (C=O) groups excluding carboxylic acids is 1. The lowest BCUT2D eigenvalue weighted by molar-refractivity contribution is -0.116. The molecule has 0 atom stereocenters. The quantitative estimate of drug-likeness (QED) is 0.432. The van der Waals surface area contributed by atoms with Crippen molar-refractivity contribution >= 4 is 27.9 Å². The van der Waals surface area contributed by atoms with Crippen LogP contribution in [0.2, 0.25) is 0 Å². The average molecular weight is 397 g/mol. The molecule has 0 saturated carbocycles. The zero-order chi connectivity index (χ0) is 18.1. The summed E-state index contributed by atoms with van der Waals surface area (Å²) in [5.74, 6) is 0.146. The van der Waals surface area contributed by atoms with Gasteiger partial charge in [-0.25, -0.2) is 0 Å². The molecule has 4 nitrogen and oxygen atoms in total. The van der Waals surface area contributed by atoms with Gasteiger partial charge in [-0.1, -0.05) is 52.3 Å². The van der Waals surface area contributed by atoms with Crippen LogP contribution in [-0.2, 0) is 11.4 Å². The molecule has 1 N–H and O–H groups in total. The Morgan fingerprint density at radius 1 is 1.28 bits per heavy atom. The molecule has 1 amide bonds. The first-order valence-electron chi connectivity index (χ1n) is 7.61. The Hall–Kier alpha value is -2.84. The van der Waals surface area contributed by atoms with Gasteiger partial charge in [0.15, 0.2) is 0 Å². The number of rotatable bonds is 7. The van der Waals surface area contributed by atoms with E-state index in [0.717, 1.165) is 10.0 Å². The molecule has 0 unspecified atom stereocenters. The van der Waals surface area contributed by atoms with Gasteiger partial charge in [-0.15, -0.1) is 6.58 Å². The highest BCUT2D eigenvalue weighted by molar-refractivity contribution is 9.10. The van der Waals surface area contributed by atoms with Gasteiger partial charge in [-0.3, -0.25) is 4.79 Å². The van der Waals surface area contributed by atoms with Crippen LogP contribution in [0.15, 0.2) is 71.2 Å². The molecule has 2 aromatic rings. The topological polar surface area (TPSA) is 62.1 Å². The van der Waals surface area contributed by atoms with Gasteiger partial charge >= 0.3 is 0 Å². The van der Waals surface area contributed by atoms with Gasteiger partial charge in [0.05, 0.1) is 0 Å². The highest BCUT2D eigenvalue weighted by Crippen LogP contribution is 2.26. The Labute approximate surface area is 155 Å². The van der Waals surface area contributed by atoms with E-state index >= 15 is 0 Å². The molecule has 0 bridgehead atoms. The third kappa shape index (κ3) is 5.63. The maximum absolute atomic E-state index is 12.0. The molecule has 0 spiro atoms. The summed E-state index contributed by atoms with van der Waals surface area (Å²) in [5, 5.41) is 11.9. The number of ether oxygens (including phenoxy) is 1. The molecule has 0 aliphatic heterocycles. The highest BCUT2D eigenvalue weighted by atomic mass is 79.9. The fourth-order valence-electron chi connectivity index (χ4n) is 2.06. The number of hydrogen-bond donors (Lipinski definition) is 1. The number of nitrogens with zero attached hydrogens (tertiary/aromatic N) is 1. The summed E-state index contributed by atoms with van der Waals surface area (Å²) in [6, 6.07) is 17.1. The van der Waals surface area contributed by atoms with Crippen molar-refractivity contribution in [3.8, 4) is 11.8 Å². The minimum Gasteiger partial charge on any atom is -0.488 e. The van der Waals surface area contributed by atoms with E-state index in [2.05, 4.69) is 27.8 Å². The van der Waals surface area contributed by atoms with E-state index in [0.29, 0.717) is 24.5 Å². The van der Waals surface area contributed by atoms with Crippen LogP contribution in [0.4, 0.5) is 0 Å². The van der Waals surface area contributed by atoms with Crippen LogP contribution in [0.3, 0.4) is 0 Å². The molecule has 126 valence electrons. The fraction of sp³-hybridized carbons (Fsp3) is 0.100. The van der Waals surface area contributed by atoms with Gasteiger partial charge in [-0.2, -0.15) is 5.26 Å². The molecule has 2 aromatic carbocycles. The Morgan fingerprint density at radius 3 is 2.72 bits per heavy atom. The van der Waals surface area contributed by atoms with Crippen LogP contribution >= 0.6 is 15.9 Å². The molecule has 0 aromatic heterocycles. The van der Waals surface area contributed by atoms with E-state index in [-0.39, 0.29) is 5.57 Å². The number of nitriles is 1. The van der Waals surface area contributed by atoms with Crippen molar-refractivity contribution in [3.63, 3.8) is 0 Å². The van der Waals surface area contributed by atoms with Crippen LogP contribution in [0.25, 0.3) is 6.08 Å². The summed E-state index contributed by atoms with van der Waals surface area (Å²) >= 11 is 3.40. The van der Waals surface area contributed by atoms with Crippen molar-refractivity contribution in [1.82, 2.24) is 5.32 Å². The second-order valence-corrected chi connectivity index (χ2v) is 6.04. The number of amides is 1. The summed E-state index contributed by atoms with van der Waals surface area (Å²) in [5.41, 5.74) is 1.68. The van der Waals surface area contributed by atoms with Gasteiger partial charge in [0.1, 0.15) is 24.0 Å². The first-order valence-corrected chi connectivity index (χ1v) is 8.40. The summed E-state index contributed by atoms with van der Waals surface area (Å²) in [6.07, 6.45) is 3.07. The van der Waals surface area contributed by atoms with Crippen LogP contribution in [0, 0.1) is 11.3 Å². The van der Waals surface area contributed by atoms with Crippen molar-refractivity contribution in [1.29, 1.82) is 5.26 Å². The lowest BCUT2D eigenvalue weighted by Crippen LogP contribution is -2.24. The van der Waals surface area contributed by atoms with E-state index < -0.39 is 5.91 Å². The van der Waals surface area contributed by atoms with Crippen molar-refractivity contribution in [3.05, 3.63) is 82.4 Å². The van der Waals surface area contributed by atoms with E-state index in [1.165, 1.54) is 6.08 Å². The minimum absolute atomic E-state index is 0.00418. The Morgan fingerprint density at radius 2 is 2.04 bits per heavy atom. The molecule has 5 heteroatoms. The number of nitrogens with one attached hydrogen (secondary N) is 1. The molecule has 0 saturated heterocycles. The molecule has 0 fully saturated rings. The van der Waals surface area contributed by atoms with E-state index in [4.69, 9.17) is 4.74 Å². The largest absolute Gasteiger partial charge is 0.488 e. The second kappa shape index (κ2) is 9.45. The fourth-order valence-corrected chi connectivity index (χ4v) is 2.44. The highest BCUT2D eigenvalue weighted by Gasteiger charge is 2.11. The Balaban J connectivity index is 2.25. The number of carbonyl (C=O) groups is 1. The molecule has 0 aliphatic carbocycles. The number of halogens is 1. The average Bonchev–Trinajstić information content (AvgIpc) is 2.64. The summed E-state index contributed by atoms with van der Waals surface area (Å²) in [4.78, 5) is 12.0. The molecule has 0 radical (unpaired) electrons. The van der Waals surface area contributed by atoms with E-state index in [1.807, 2.05) is 42.5 Å². The number of hydrogen-bond acceptors (Lipinski definition) is 3. The van der Waals surface area contributed by atoms with Gasteiger partial charge in [0.25, 0.3) is 5.91 Å². The lowest BCUT2D eigenvalue weighted by atomic mass is 10.1. The summed E-state index contributed by atoms with van der Waals surface area (Å²) in [6.45, 7) is 4.23. The van der Waals surface area contributed by atoms with Crippen LogP contribution in [-0.4, -0.2) is 12.5 Å². The summed E-state index contributed by atoms with van der Waals surface area (Å²) in [7, 11) is 0. The lowest BCUT2D eigenvalue weighted by Gasteiger charge is -2.10. The van der Waals surface area contributed by atoms with Crippen molar-refractivity contribution in [2.75, 3.05) is 6.54 Å². The SMILES string of the molecule is C=CCNC(=O)/C(C#N)=C/c1cc(Br)ccc1OCc1ccccc1.